The number of hydrogen-bond acceptors (Lipinski definition) is 5. The molecule has 122 valence electrons. The third kappa shape index (κ3) is 2.51. The summed E-state index contributed by atoms with van der Waals surface area (Å²) in [5.41, 5.74) is 1.73. The molecule has 1 aromatic heterocycles. The zero-order chi connectivity index (χ0) is 16.7. The predicted molar refractivity (Wildman–Crippen MR) is 88.6 cm³/mol. The minimum atomic E-state index is -1.02. The Hall–Kier alpha value is -2.51. The monoisotopic (exact) mass is 342 g/mol. The molecule has 2 aliphatic rings. The first-order valence-electron chi connectivity index (χ1n) is 7.52. The second-order valence-electron chi connectivity index (χ2n) is 5.73. The molecular formula is C17H14N2O4S. The first-order chi connectivity index (χ1) is 11.6. The number of carbonyl (C=O) groups is 2. The lowest BCUT2D eigenvalue weighted by Crippen LogP contribution is -2.39. The van der Waals surface area contributed by atoms with Crippen molar-refractivity contribution in [3.05, 3.63) is 47.9 Å². The number of benzene rings is 1. The highest BCUT2D eigenvalue weighted by molar-refractivity contribution is 7.14. The van der Waals surface area contributed by atoms with Gasteiger partial charge in [-0.25, -0.2) is 4.98 Å². The number of nitrogens with one attached hydrogen (secondary N) is 1. The van der Waals surface area contributed by atoms with Crippen molar-refractivity contribution in [3.8, 4) is 11.3 Å². The zero-order valence-electron chi connectivity index (χ0n) is 12.5. The van der Waals surface area contributed by atoms with Crippen molar-refractivity contribution >= 4 is 28.3 Å². The number of fused-ring (bicyclic) bond motifs is 2. The van der Waals surface area contributed by atoms with Crippen LogP contribution >= 0.6 is 11.3 Å². The van der Waals surface area contributed by atoms with Gasteiger partial charge in [-0.1, -0.05) is 42.5 Å². The van der Waals surface area contributed by atoms with Crippen LogP contribution in [-0.2, 0) is 14.3 Å². The van der Waals surface area contributed by atoms with Crippen molar-refractivity contribution in [2.24, 2.45) is 11.8 Å². The SMILES string of the molecule is O=C(O)[C@@H]1[C@@H](C(=O)Nc2nc(-c3ccccc3)cs2)[C@@H]2C=C[C@@H]1O2. The maximum Gasteiger partial charge on any atom is 0.310 e. The smallest absolute Gasteiger partial charge is 0.310 e. The molecule has 1 fully saturated rings. The molecule has 0 radical (unpaired) electrons. The largest absolute Gasteiger partial charge is 0.481 e. The molecule has 2 aliphatic heterocycles. The van der Waals surface area contributed by atoms with Crippen LogP contribution < -0.4 is 5.32 Å². The molecule has 1 amide bonds. The van der Waals surface area contributed by atoms with Crippen LogP contribution in [0.15, 0.2) is 47.9 Å². The van der Waals surface area contributed by atoms with Gasteiger partial charge in [-0.05, 0) is 0 Å². The number of aromatic nitrogens is 1. The van der Waals surface area contributed by atoms with Gasteiger partial charge in [-0.3, -0.25) is 9.59 Å². The number of ether oxygens (including phenoxy) is 1. The second-order valence-corrected chi connectivity index (χ2v) is 6.59. The molecule has 7 heteroatoms. The summed E-state index contributed by atoms with van der Waals surface area (Å²) in [4.78, 5) is 28.4. The van der Waals surface area contributed by atoms with Crippen molar-refractivity contribution in [1.82, 2.24) is 4.98 Å². The van der Waals surface area contributed by atoms with Gasteiger partial charge in [-0.2, -0.15) is 0 Å². The first-order valence-corrected chi connectivity index (χ1v) is 8.40. The molecule has 3 heterocycles. The molecule has 0 saturated carbocycles. The summed E-state index contributed by atoms with van der Waals surface area (Å²) in [5.74, 6) is -2.97. The summed E-state index contributed by atoms with van der Waals surface area (Å²) in [6.45, 7) is 0. The van der Waals surface area contributed by atoms with E-state index in [1.807, 2.05) is 35.7 Å². The Balaban J connectivity index is 1.52. The van der Waals surface area contributed by atoms with Gasteiger partial charge in [0.25, 0.3) is 0 Å². The van der Waals surface area contributed by atoms with Crippen LogP contribution in [0.2, 0.25) is 0 Å². The van der Waals surface area contributed by atoms with E-state index >= 15 is 0 Å². The number of carboxylic acid groups (broad SMARTS) is 1. The molecule has 2 bridgehead atoms. The number of thiazole rings is 1. The number of aliphatic carboxylic acids is 1. The first kappa shape index (κ1) is 15.0. The van der Waals surface area contributed by atoms with Crippen molar-refractivity contribution in [2.45, 2.75) is 12.2 Å². The molecule has 4 atom stereocenters. The molecule has 0 unspecified atom stereocenters. The van der Waals surface area contributed by atoms with Gasteiger partial charge >= 0.3 is 5.97 Å². The van der Waals surface area contributed by atoms with Gasteiger partial charge in [0.05, 0.1) is 23.8 Å². The van der Waals surface area contributed by atoms with Gasteiger partial charge in [0.1, 0.15) is 5.92 Å². The highest BCUT2D eigenvalue weighted by atomic mass is 32.1. The van der Waals surface area contributed by atoms with E-state index in [0.29, 0.717) is 5.13 Å². The normalized spacial score (nSPS) is 27.3. The number of anilines is 1. The topological polar surface area (TPSA) is 88.5 Å². The summed E-state index contributed by atoms with van der Waals surface area (Å²) >= 11 is 1.31. The van der Waals surface area contributed by atoms with E-state index in [1.54, 1.807) is 12.2 Å². The molecule has 2 N–H and O–H groups in total. The van der Waals surface area contributed by atoms with Gasteiger partial charge in [0, 0.05) is 10.9 Å². The molecule has 2 aromatic rings. The average Bonchev–Trinajstić information content (AvgIpc) is 3.30. The lowest BCUT2D eigenvalue weighted by Gasteiger charge is -2.20. The Bertz CT molecular complexity index is 817. The Morgan fingerprint density at radius 2 is 1.83 bits per heavy atom. The van der Waals surface area contributed by atoms with Crippen molar-refractivity contribution in [3.63, 3.8) is 0 Å². The molecule has 1 saturated heterocycles. The summed E-state index contributed by atoms with van der Waals surface area (Å²) in [7, 11) is 0. The zero-order valence-corrected chi connectivity index (χ0v) is 13.3. The average molecular weight is 342 g/mol. The fraction of sp³-hybridized carbons (Fsp3) is 0.235. The van der Waals surface area contributed by atoms with Crippen molar-refractivity contribution in [1.29, 1.82) is 0 Å². The lowest BCUT2D eigenvalue weighted by atomic mass is 9.82. The van der Waals surface area contributed by atoms with E-state index in [1.165, 1.54) is 11.3 Å². The summed E-state index contributed by atoms with van der Waals surface area (Å²) in [6.07, 6.45) is 2.46. The van der Waals surface area contributed by atoms with Gasteiger partial charge in [0.2, 0.25) is 5.91 Å². The Labute approximate surface area is 141 Å². The van der Waals surface area contributed by atoms with Crippen LogP contribution in [0.1, 0.15) is 0 Å². The minimum absolute atomic E-state index is 0.367. The summed E-state index contributed by atoms with van der Waals surface area (Å²) in [6, 6.07) is 9.64. The molecule has 0 spiro atoms. The van der Waals surface area contributed by atoms with Crippen molar-refractivity contribution < 1.29 is 19.4 Å². The number of carbonyl (C=O) groups excluding carboxylic acids is 1. The number of carboxylic acids is 1. The third-order valence-electron chi connectivity index (χ3n) is 4.29. The summed E-state index contributed by atoms with van der Waals surface area (Å²) < 4.78 is 5.52. The second kappa shape index (κ2) is 5.85. The fourth-order valence-corrected chi connectivity index (χ4v) is 3.90. The maximum absolute atomic E-state index is 12.5. The molecular weight excluding hydrogens is 328 g/mol. The summed E-state index contributed by atoms with van der Waals surface area (Å²) in [5, 5.41) is 14.4. The number of amides is 1. The van der Waals surface area contributed by atoms with Crippen molar-refractivity contribution in [2.75, 3.05) is 5.32 Å². The molecule has 0 aliphatic carbocycles. The van der Waals surface area contributed by atoms with Gasteiger partial charge < -0.3 is 15.2 Å². The minimum Gasteiger partial charge on any atom is -0.481 e. The van der Waals surface area contributed by atoms with Crippen LogP contribution in [-0.4, -0.2) is 34.2 Å². The van der Waals surface area contributed by atoms with Crippen LogP contribution in [0.4, 0.5) is 5.13 Å². The van der Waals surface area contributed by atoms with Crippen LogP contribution in [0.3, 0.4) is 0 Å². The van der Waals surface area contributed by atoms with E-state index in [2.05, 4.69) is 10.3 Å². The van der Waals surface area contributed by atoms with E-state index in [9.17, 15) is 14.7 Å². The maximum atomic E-state index is 12.5. The Morgan fingerprint density at radius 3 is 2.54 bits per heavy atom. The van der Waals surface area contributed by atoms with Crippen LogP contribution in [0.5, 0.6) is 0 Å². The van der Waals surface area contributed by atoms with Gasteiger partial charge in [0.15, 0.2) is 5.13 Å². The Morgan fingerprint density at radius 1 is 1.12 bits per heavy atom. The Kier molecular flexibility index (Phi) is 3.66. The number of nitrogens with zero attached hydrogens (tertiary/aromatic N) is 1. The highest BCUT2D eigenvalue weighted by Crippen LogP contribution is 2.40. The standard InChI is InChI=1S/C17H14N2O4S/c20-15(13-11-6-7-12(23-11)14(13)16(21)22)19-17-18-10(8-24-17)9-4-2-1-3-5-9/h1-8,11-14H,(H,21,22)(H,18,19,20)/t11-,12-,13-,14-/m0/s1. The lowest BCUT2D eigenvalue weighted by molar-refractivity contribution is -0.145. The molecule has 24 heavy (non-hydrogen) atoms. The highest BCUT2D eigenvalue weighted by Gasteiger charge is 2.53. The predicted octanol–water partition coefficient (Wildman–Crippen LogP) is 2.40. The van der Waals surface area contributed by atoms with Crippen LogP contribution in [0, 0.1) is 11.8 Å². The van der Waals surface area contributed by atoms with E-state index in [4.69, 9.17) is 4.74 Å². The van der Waals surface area contributed by atoms with E-state index < -0.39 is 30.0 Å². The number of rotatable bonds is 4. The van der Waals surface area contributed by atoms with E-state index in [0.717, 1.165) is 11.3 Å². The molecule has 4 rings (SSSR count). The third-order valence-corrected chi connectivity index (χ3v) is 5.05. The van der Waals surface area contributed by atoms with Gasteiger partial charge in [-0.15, -0.1) is 11.3 Å². The number of hydrogen-bond donors (Lipinski definition) is 2. The quantitative estimate of drug-likeness (QED) is 0.833. The van der Waals surface area contributed by atoms with E-state index in [-0.39, 0.29) is 5.91 Å². The van der Waals surface area contributed by atoms with Crippen LogP contribution in [0.25, 0.3) is 11.3 Å². The molecule has 1 aromatic carbocycles. The molecule has 6 nitrogen and oxygen atoms in total. The fourth-order valence-electron chi connectivity index (χ4n) is 3.18.